The van der Waals surface area contributed by atoms with E-state index < -0.39 is 11.5 Å². The number of aromatic carboxylic acids is 1. The van der Waals surface area contributed by atoms with Gasteiger partial charge >= 0.3 is 5.97 Å². The Hall–Kier alpha value is -3.07. The molecule has 6 heteroatoms. The van der Waals surface area contributed by atoms with Gasteiger partial charge in [0.25, 0.3) is 0 Å². The minimum absolute atomic E-state index is 0.109. The monoisotopic (exact) mass is 255 g/mol. The Morgan fingerprint density at radius 3 is 2.79 bits per heavy atom. The Morgan fingerprint density at radius 2 is 2.11 bits per heavy atom. The van der Waals surface area contributed by atoms with Crippen LogP contribution in [0, 0.1) is 11.3 Å². The maximum absolute atomic E-state index is 11.3. The summed E-state index contributed by atoms with van der Waals surface area (Å²) in [4.78, 5) is 24.6. The molecule has 0 saturated heterocycles. The number of rotatable bonds is 3. The van der Waals surface area contributed by atoms with Crippen LogP contribution in [0.1, 0.15) is 15.9 Å². The van der Waals surface area contributed by atoms with Gasteiger partial charge in [0.05, 0.1) is 17.2 Å². The van der Waals surface area contributed by atoms with E-state index in [1.165, 1.54) is 6.07 Å². The molecule has 0 atom stereocenters. The van der Waals surface area contributed by atoms with E-state index in [1.54, 1.807) is 24.3 Å². The van der Waals surface area contributed by atoms with Gasteiger partial charge in [0.2, 0.25) is 5.56 Å². The van der Waals surface area contributed by atoms with Gasteiger partial charge in [-0.3, -0.25) is 4.79 Å². The van der Waals surface area contributed by atoms with Gasteiger partial charge < -0.3 is 15.4 Å². The lowest BCUT2D eigenvalue weighted by Gasteiger charge is -2.06. The van der Waals surface area contributed by atoms with Crippen LogP contribution in [0.4, 0.5) is 11.5 Å². The number of nitrogens with zero attached hydrogens (tertiary/aromatic N) is 1. The quantitative estimate of drug-likeness (QED) is 0.773. The summed E-state index contributed by atoms with van der Waals surface area (Å²) >= 11 is 0. The van der Waals surface area contributed by atoms with E-state index in [9.17, 15) is 9.59 Å². The average molecular weight is 255 g/mol. The summed E-state index contributed by atoms with van der Waals surface area (Å²) in [6, 6.07) is 10.9. The maximum Gasteiger partial charge on any atom is 0.336 e. The summed E-state index contributed by atoms with van der Waals surface area (Å²) in [5, 5.41) is 20.5. The minimum atomic E-state index is -1.18. The molecule has 0 spiro atoms. The molecule has 19 heavy (non-hydrogen) atoms. The smallest absolute Gasteiger partial charge is 0.336 e. The molecular formula is C13H9N3O3. The number of aromatic nitrogens is 1. The second-order valence-electron chi connectivity index (χ2n) is 3.77. The summed E-state index contributed by atoms with van der Waals surface area (Å²) in [5.41, 5.74) is 0.417. The van der Waals surface area contributed by atoms with Crippen LogP contribution in [-0.2, 0) is 0 Å². The number of anilines is 2. The molecule has 0 amide bonds. The standard InChI is InChI=1S/C13H9N3O3/c14-7-8-2-1-3-10(4-8)15-11-5-9(13(18)19)6-12(17)16-11/h1-6H,(H,18,19)(H2,15,16,17). The highest BCUT2D eigenvalue weighted by atomic mass is 16.4. The number of carboxylic acids is 1. The van der Waals surface area contributed by atoms with Gasteiger partial charge in [0, 0.05) is 11.8 Å². The summed E-state index contributed by atoms with van der Waals surface area (Å²) in [7, 11) is 0. The maximum atomic E-state index is 11.3. The van der Waals surface area contributed by atoms with E-state index in [4.69, 9.17) is 10.4 Å². The lowest BCUT2D eigenvalue weighted by Crippen LogP contribution is -2.11. The van der Waals surface area contributed by atoms with Gasteiger partial charge in [-0.25, -0.2) is 4.79 Å². The number of nitrogens with one attached hydrogen (secondary N) is 2. The fourth-order valence-electron chi connectivity index (χ4n) is 1.56. The van der Waals surface area contributed by atoms with Crippen molar-refractivity contribution in [1.29, 1.82) is 5.26 Å². The van der Waals surface area contributed by atoms with Crippen LogP contribution in [-0.4, -0.2) is 16.1 Å². The van der Waals surface area contributed by atoms with Gasteiger partial charge in [-0.05, 0) is 24.3 Å². The molecule has 0 bridgehead atoms. The van der Waals surface area contributed by atoms with E-state index in [1.807, 2.05) is 6.07 Å². The van der Waals surface area contributed by atoms with Gasteiger partial charge in [0.15, 0.2) is 0 Å². The third-order valence-electron chi connectivity index (χ3n) is 2.36. The average Bonchev–Trinajstić information content (AvgIpc) is 2.38. The molecule has 0 unspecified atom stereocenters. The highest BCUT2D eigenvalue weighted by Crippen LogP contribution is 2.15. The van der Waals surface area contributed by atoms with Crippen molar-refractivity contribution < 1.29 is 9.90 Å². The highest BCUT2D eigenvalue weighted by molar-refractivity contribution is 5.88. The minimum Gasteiger partial charge on any atom is -0.478 e. The third-order valence-corrected chi connectivity index (χ3v) is 2.36. The van der Waals surface area contributed by atoms with Gasteiger partial charge in [-0.2, -0.15) is 5.26 Å². The van der Waals surface area contributed by atoms with E-state index in [-0.39, 0.29) is 11.4 Å². The van der Waals surface area contributed by atoms with Crippen LogP contribution in [0.15, 0.2) is 41.2 Å². The van der Waals surface area contributed by atoms with Crippen LogP contribution < -0.4 is 10.9 Å². The first kappa shape index (κ1) is 12.4. The van der Waals surface area contributed by atoms with Crippen molar-refractivity contribution in [1.82, 2.24) is 4.98 Å². The van der Waals surface area contributed by atoms with Crippen molar-refractivity contribution in [3.63, 3.8) is 0 Å². The molecule has 0 aliphatic carbocycles. The number of pyridine rings is 1. The molecule has 0 radical (unpaired) electrons. The predicted molar refractivity (Wildman–Crippen MR) is 68.5 cm³/mol. The summed E-state index contributed by atoms with van der Waals surface area (Å²) < 4.78 is 0. The van der Waals surface area contributed by atoms with Gasteiger partial charge in [-0.15, -0.1) is 0 Å². The van der Waals surface area contributed by atoms with Crippen LogP contribution in [0.2, 0.25) is 0 Å². The summed E-state index contributed by atoms with van der Waals surface area (Å²) in [6.07, 6.45) is 0. The van der Waals surface area contributed by atoms with Gasteiger partial charge in [-0.1, -0.05) is 6.07 Å². The fraction of sp³-hybridized carbons (Fsp3) is 0. The molecule has 1 aromatic heterocycles. The summed E-state index contributed by atoms with van der Waals surface area (Å²) in [6.45, 7) is 0. The van der Waals surface area contributed by atoms with Crippen molar-refractivity contribution in [2.24, 2.45) is 0 Å². The first-order chi connectivity index (χ1) is 9.08. The Morgan fingerprint density at radius 1 is 1.32 bits per heavy atom. The second-order valence-corrected chi connectivity index (χ2v) is 3.77. The number of carbonyl (C=O) groups is 1. The fourth-order valence-corrected chi connectivity index (χ4v) is 1.56. The molecule has 0 saturated carbocycles. The third kappa shape index (κ3) is 2.98. The zero-order valence-corrected chi connectivity index (χ0v) is 9.68. The van der Waals surface area contributed by atoms with Crippen molar-refractivity contribution in [2.75, 3.05) is 5.32 Å². The Kier molecular flexibility index (Phi) is 3.30. The number of carboxylic acid groups (broad SMARTS) is 1. The normalized spacial score (nSPS) is 9.63. The topological polar surface area (TPSA) is 106 Å². The molecule has 0 aliphatic rings. The molecule has 2 aromatic rings. The number of H-pyrrole nitrogens is 1. The first-order valence-corrected chi connectivity index (χ1v) is 5.33. The highest BCUT2D eigenvalue weighted by Gasteiger charge is 2.06. The van der Waals surface area contributed by atoms with E-state index in [0.29, 0.717) is 11.3 Å². The van der Waals surface area contributed by atoms with Crippen LogP contribution in [0.3, 0.4) is 0 Å². The molecule has 3 N–H and O–H groups in total. The number of benzene rings is 1. The molecule has 2 rings (SSSR count). The number of nitriles is 1. The number of hydrogen-bond acceptors (Lipinski definition) is 4. The van der Waals surface area contributed by atoms with Crippen LogP contribution in [0.5, 0.6) is 0 Å². The van der Waals surface area contributed by atoms with Crippen molar-refractivity contribution >= 4 is 17.5 Å². The van der Waals surface area contributed by atoms with Crippen LogP contribution in [0.25, 0.3) is 0 Å². The molecule has 0 fully saturated rings. The number of aromatic amines is 1. The van der Waals surface area contributed by atoms with E-state index in [0.717, 1.165) is 6.07 Å². The van der Waals surface area contributed by atoms with Crippen molar-refractivity contribution in [2.45, 2.75) is 0 Å². The zero-order valence-electron chi connectivity index (χ0n) is 9.68. The number of hydrogen-bond donors (Lipinski definition) is 3. The first-order valence-electron chi connectivity index (χ1n) is 5.33. The predicted octanol–water partition coefficient (Wildman–Crippen LogP) is 1.69. The zero-order chi connectivity index (χ0) is 13.8. The molecule has 1 heterocycles. The second kappa shape index (κ2) is 5.06. The van der Waals surface area contributed by atoms with E-state index >= 15 is 0 Å². The molecule has 6 nitrogen and oxygen atoms in total. The SMILES string of the molecule is N#Cc1cccc(Nc2cc(C(=O)O)cc(=O)[nH]2)c1. The van der Waals surface area contributed by atoms with Gasteiger partial charge in [0.1, 0.15) is 5.82 Å². The lowest BCUT2D eigenvalue weighted by atomic mass is 10.2. The summed E-state index contributed by atoms with van der Waals surface area (Å²) in [5.74, 6) is -0.931. The molecule has 0 aliphatic heterocycles. The molecule has 94 valence electrons. The Labute approximate surface area is 107 Å². The Balaban J connectivity index is 2.35. The van der Waals surface area contributed by atoms with E-state index in [2.05, 4.69) is 10.3 Å². The largest absolute Gasteiger partial charge is 0.478 e. The molecular weight excluding hydrogens is 246 g/mol. The Bertz CT molecular complexity index is 728. The molecule has 1 aromatic carbocycles. The lowest BCUT2D eigenvalue weighted by molar-refractivity contribution is 0.0696. The van der Waals surface area contributed by atoms with Crippen molar-refractivity contribution in [3.8, 4) is 6.07 Å². The van der Waals surface area contributed by atoms with Crippen LogP contribution >= 0.6 is 0 Å². The van der Waals surface area contributed by atoms with Crippen molar-refractivity contribution in [3.05, 3.63) is 57.9 Å².